The second-order valence-electron chi connectivity index (χ2n) is 9.87. The van der Waals surface area contributed by atoms with Gasteiger partial charge < -0.3 is 24.4 Å². The average Bonchev–Trinajstić information content (AvgIpc) is 3.53. The number of hydrogen-bond acceptors (Lipinski definition) is 7. The predicted octanol–water partition coefficient (Wildman–Crippen LogP) is 3.60. The van der Waals surface area contributed by atoms with Gasteiger partial charge in [0.25, 0.3) is 5.91 Å². The summed E-state index contributed by atoms with van der Waals surface area (Å²) in [6.07, 6.45) is 1.85. The van der Waals surface area contributed by atoms with Gasteiger partial charge in [-0.2, -0.15) is 4.31 Å². The molecule has 204 valence electrons. The van der Waals surface area contributed by atoms with Crippen molar-refractivity contribution in [2.45, 2.75) is 24.2 Å². The first-order valence-corrected chi connectivity index (χ1v) is 14.4. The summed E-state index contributed by atoms with van der Waals surface area (Å²) in [7, 11) is -2.18. The van der Waals surface area contributed by atoms with E-state index in [9.17, 15) is 18.0 Å². The molecule has 0 saturated carbocycles. The van der Waals surface area contributed by atoms with Gasteiger partial charge in [0, 0.05) is 61.4 Å². The van der Waals surface area contributed by atoms with Gasteiger partial charge in [-0.05, 0) is 49.6 Å². The van der Waals surface area contributed by atoms with Crippen LogP contribution in [0.1, 0.15) is 29.6 Å². The molecule has 3 aliphatic rings. The molecule has 3 aliphatic heterocycles. The summed E-state index contributed by atoms with van der Waals surface area (Å²) in [4.78, 5) is 28.3. The number of nitrogens with zero attached hydrogens (tertiary/aromatic N) is 2. The van der Waals surface area contributed by atoms with Gasteiger partial charge in [0.15, 0.2) is 11.5 Å². The lowest BCUT2D eigenvalue weighted by Crippen LogP contribution is -2.43. The molecule has 1 fully saturated rings. The topological polar surface area (TPSA) is 114 Å². The Morgan fingerprint density at radius 3 is 2.82 bits per heavy atom. The molecule has 1 N–H and O–H groups in total. The van der Waals surface area contributed by atoms with E-state index in [-0.39, 0.29) is 30.0 Å². The third-order valence-corrected chi connectivity index (χ3v) is 9.37. The fraction of sp³-hybridized carbons (Fsp3) is 0.357. The van der Waals surface area contributed by atoms with E-state index in [4.69, 9.17) is 14.2 Å². The number of nitrogens with one attached hydrogen (secondary N) is 1. The van der Waals surface area contributed by atoms with Gasteiger partial charge in [0.05, 0.1) is 16.5 Å². The first-order valence-electron chi connectivity index (χ1n) is 13.0. The molecule has 1 atom stereocenters. The van der Waals surface area contributed by atoms with Crippen molar-refractivity contribution in [1.82, 2.24) is 4.31 Å². The zero-order valence-electron chi connectivity index (χ0n) is 21.5. The molecule has 0 bridgehead atoms. The number of methoxy groups -OCH3 is 1. The molecule has 2 amide bonds. The maximum Gasteiger partial charge on any atom is 0.258 e. The maximum atomic E-state index is 13.4. The summed E-state index contributed by atoms with van der Waals surface area (Å²) in [5, 5.41) is 4.61. The monoisotopic (exact) mass is 551 g/mol. The van der Waals surface area contributed by atoms with Gasteiger partial charge in [-0.1, -0.05) is 12.1 Å². The first kappa shape index (κ1) is 25.6. The van der Waals surface area contributed by atoms with Crippen LogP contribution in [-0.2, 0) is 19.6 Å². The third-order valence-electron chi connectivity index (χ3n) is 7.51. The lowest BCUT2D eigenvalue weighted by atomic mass is 9.98. The molecule has 11 heteroatoms. The highest BCUT2D eigenvalue weighted by molar-refractivity contribution is 7.89. The van der Waals surface area contributed by atoms with E-state index >= 15 is 0 Å². The predicted molar refractivity (Wildman–Crippen MR) is 145 cm³/mol. The van der Waals surface area contributed by atoms with Crippen molar-refractivity contribution >= 4 is 44.0 Å². The highest BCUT2D eigenvalue weighted by Crippen LogP contribution is 2.41. The van der Waals surface area contributed by atoms with Crippen molar-refractivity contribution in [1.29, 1.82) is 0 Å². The van der Waals surface area contributed by atoms with E-state index in [0.717, 1.165) is 16.5 Å². The molecule has 10 nitrogen and oxygen atoms in total. The van der Waals surface area contributed by atoms with E-state index in [1.54, 1.807) is 24.1 Å². The van der Waals surface area contributed by atoms with Crippen LogP contribution < -0.4 is 19.7 Å². The Morgan fingerprint density at radius 2 is 1.97 bits per heavy atom. The van der Waals surface area contributed by atoms with Crippen LogP contribution in [0.15, 0.2) is 53.4 Å². The van der Waals surface area contributed by atoms with E-state index in [1.165, 1.54) is 16.4 Å². The summed E-state index contributed by atoms with van der Waals surface area (Å²) < 4.78 is 43.9. The summed E-state index contributed by atoms with van der Waals surface area (Å²) in [6.45, 7) is 1.57. The molecule has 0 aromatic heterocycles. The number of hydrogen-bond donors (Lipinski definition) is 1. The number of anilines is 2. The minimum Gasteiger partial charge on any atom is -0.454 e. The van der Waals surface area contributed by atoms with E-state index in [1.807, 2.05) is 24.3 Å². The molecule has 3 heterocycles. The highest BCUT2D eigenvalue weighted by atomic mass is 32.2. The Bertz CT molecular complexity index is 1570. The van der Waals surface area contributed by atoms with Gasteiger partial charge in [-0.3, -0.25) is 9.59 Å². The lowest BCUT2D eigenvalue weighted by molar-refractivity contribution is -0.120. The molecule has 1 saturated heterocycles. The Kier molecular flexibility index (Phi) is 6.66. The van der Waals surface area contributed by atoms with Crippen LogP contribution in [0.5, 0.6) is 11.5 Å². The summed E-state index contributed by atoms with van der Waals surface area (Å²) in [5.41, 5.74) is 2.02. The Hall–Kier alpha value is -3.67. The van der Waals surface area contributed by atoms with Gasteiger partial charge in [0.2, 0.25) is 22.7 Å². The number of benzene rings is 3. The zero-order chi connectivity index (χ0) is 27.1. The van der Waals surface area contributed by atoms with Gasteiger partial charge in [-0.25, -0.2) is 8.42 Å². The molecule has 3 aromatic carbocycles. The van der Waals surface area contributed by atoms with E-state index < -0.39 is 15.9 Å². The zero-order valence-corrected chi connectivity index (χ0v) is 22.3. The van der Waals surface area contributed by atoms with Crippen molar-refractivity contribution in [2.24, 2.45) is 5.92 Å². The maximum absolute atomic E-state index is 13.4. The molecule has 39 heavy (non-hydrogen) atoms. The molecule has 6 rings (SSSR count). The second kappa shape index (κ2) is 10.1. The summed E-state index contributed by atoms with van der Waals surface area (Å²) >= 11 is 0. The first-order chi connectivity index (χ1) is 18.9. The van der Waals surface area contributed by atoms with Crippen LogP contribution in [0.3, 0.4) is 0 Å². The largest absolute Gasteiger partial charge is 0.454 e. The number of sulfonamides is 1. The Morgan fingerprint density at radius 1 is 1.13 bits per heavy atom. The van der Waals surface area contributed by atoms with Crippen LogP contribution in [-0.4, -0.2) is 64.7 Å². The molecule has 0 aliphatic carbocycles. The Balaban J connectivity index is 1.21. The number of carbonyl (C=O) groups excluding carboxylic acids is 2. The normalized spacial score (nSPS) is 18.6. The summed E-state index contributed by atoms with van der Waals surface area (Å²) in [6, 6.07) is 13.7. The van der Waals surface area contributed by atoms with Crippen LogP contribution in [0, 0.1) is 5.92 Å². The fourth-order valence-electron chi connectivity index (χ4n) is 5.54. The Labute approximate surface area is 226 Å². The molecule has 0 radical (unpaired) electrons. The molecular formula is C28H29N3O7S. The highest BCUT2D eigenvalue weighted by Gasteiger charge is 2.35. The number of fused-ring (bicyclic) bond motifs is 1. The molecule has 3 aromatic rings. The van der Waals surface area contributed by atoms with Crippen molar-refractivity contribution in [2.75, 3.05) is 50.4 Å². The standard InChI is InChI=1S/C28H29N3O7S/c1-36-14-4-13-31-23-10-9-22(20-6-2-7-21(26(20)23)28(31)33)29-27(32)18-5-3-12-30(16-18)39(34,35)19-8-11-24-25(15-19)38-17-37-24/h2,6-11,15,18H,3-5,12-14,16-17H2,1H3,(H,29,32). The average molecular weight is 552 g/mol. The lowest BCUT2D eigenvalue weighted by Gasteiger charge is -2.31. The number of amides is 2. The number of piperidine rings is 1. The number of carbonyl (C=O) groups is 2. The number of rotatable bonds is 8. The molecule has 1 unspecified atom stereocenters. The van der Waals surface area contributed by atoms with Crippen molar-refractivity contribution in [3.63, 3.8) is 0 Å². The van der Waals surface area contributed by atoms with Gasteiger partial charge in [0.1, 0.15) is 0 Å². The van der Waals surface area contributed by atoms with Crippen LogP contribution in [0.2, 0.25) is 0 Å². The van der Waals surface area contributed by atoms with Gasteiger partial charge in [-0.15, -0.1) is 0 Å². The summed E-state index contributed by atoms with van der Waals surface area (Å²) in [5.74, 6) is 0.0762. The molecule has 0 spiro atoms. The van der Waals surface area contributed by atoms with Crippen molar-refractivity contribution in [3.05, 3.63) is 54.1 Å². The smallest absolute Gasteiger partial charge is 0.258 e. The minimum absolute atomic E-state index is 0.0575. The van der Waals surface area contributed by atoms with Gasteiger partial charge >= 0.3 is 0 Å². The quantitative estimate of drug-likeness (QED) is 0.426. The second-order valence-corrected chi connectivity index (χ2v) is 11.8. The fourth-order valence-corrected chi connectivity index (χ4v) is 7.08. The van der Waals surface area contributed by atoms with E-state index in [2.05, 4.69) is 5.32 Å². The minimum atomic E-state index is -3.82. The number of ether oxygens (including phenoxy) is 3. The van der Waals surface area contributed by atoms with Crippen molar-refractivity contribution < 1.29 is 32.2 Å². The van der Waals surface area contributed by atoms with Crippen molar-refractivity contribution in [3.8, 4) is 11.5 Å². The SMILES string of the molecule is COCCCN1C(=O)c2cccc3c(NC(=O)C4CCCN(S(=O)(=O)c5ccc6c(c5)OCO6)C4)ccc1c23. The van der Waals surface area contributed by atoms with Crippen LogP contribution in [0.25, 0.3) is 10.8 Å². The van der Waals surface area contributed by atoms with Crippen LogP contribution >= 0.6 is 0 Å². The van der Waals surface area contributed by atoms with Crippen LogP contribution in [0.4, 0.5) is 11.4 Å². The van der Waals surface area contributed by atoms with E-state index in [0.29, 0.717) is 61.7 Å². The third kappa shape index (κ3) is 4.50. The molecular weight excluding hydrogens is 522 g/mol.